The molecule has 30 heavy (non-hydrogen) atoms. The smallest absolute Gasteiger partial charge is 0.277 e. The topological polar surface area (TPSA) is 126 Å². The van der Waals surface area contributed by atoms with E-state index in [0.29, 0.717) is 18.3 Å². The summed E-state index contributed by atoms with van der Waals surface area (Å²) in [5.41, 5.74) is 8.31. The van der Waals surface area contributed by atoms with Crippen LogP contribution in [0.25, 0.3) is 0 Å². The average molecular weight is 410 g/mol. The highest BCUT2D eigenvalue weighted by Crippen LogP contribution is 2.37. The summed E-state index contributed by atoms with van der Waals surface area (Å²) >= 11 is 0. The van der Waals surface area contributed by atoms with Crippen molar-refractivity contribution in [2.24, 2.45) is 15.9 Å². The highest BCUT2D eigenvalue weighted by Gasteiger charge is 2.42. The molecule has 5 rings (SSSR count). The lowest BCUT2D eigenvalue weighted by Crippen LogP contribution is -2.57. The van der Waals surface area contributed by atoms with Crippen LogP contribution in [0.4, 0.5) is 0 Å². The Labute approximate surface area is 172 Å². The number of fused-ring (bicyclic) bond motifs is 1. The summed E-state index contributed by atoms with van der Waals surface area (Å²) in [6.07, 6.45) is 1.65. The van der Waals surface area contributed by atoms with Crippen LogP contribution in [-0.4, -0.2) is 63.1 Å². The van der Waals surface area contributed by atoms with Gasteiger partial charge in [-0.05, 0) is 18.9 Å². The van der Waals surface area contributed by atoms with Gasteiger partial charge in [-0.1, -0.05) is 35.0 Å². The van der Waals surface area contributed by atoms with Gasteiger partial charge >= 0.3 is 0 Å². The van der Waals surface area contributed by atoms with Gasteiger partial charge < -0.3 is 19.9 Å². The lowest BCUT2D eigenvalue weighted by Gasteiger charge is -2.33. The molecule has 1 unspecified atom stereocenters. The summed E-state index contributed by atoms with van der Waals surface area (Å²) in [4.78, 5) is 20.3. The largest absolute Gasteiger partial charge is 0.373 e. The summed E-state index contributed by atoms with van der Waals surface area (Å²) in [7, 11) is 1.75. The van der Waals surface area contributed by atoms with Crippen LogP contribution in [-0.2, 0) is 16.1 Å². The van der Waals surface area contributed by atoms with Gasteiger partial charge in [0.25, 0.3) is 5.91 Å². The number of hydrogen-bond acceptors (Lipinski definition) is 10. The van der Waals surface area contributed by atoms with Crippen molar-refractivity contribution in [2.75, 3.05) is 13.7 Å². The number of carbonyl (C=O) groups excluding carboxylic acids is 1. The van der Waals surface area contributed by atoms with E-state index in [1.807, 2.05) is 0 Å². The first-order chi connectivity index (χ1) is 14.5. The van der Waals surface area contributed by atoms with Crippen molar-refractivity contribution in [3.05, 3.63) is 47.1 Å². The summed E-state index contributed by atoms with van der Waals surface area (Å²) in [5.74, 6) is 0.674. The second-order valence-electron chi connectivity index (χ2n) is 7.68. The molecule has 11 nitrogen and oxygen atoms in total. The van der Waals surface area contributed by atoms with E-state index in [9.17, 15) is 4.79 Å². The standard InChI is InChI=1S/C19H22N8O3/c1-11-3-5-12(6-4-11)14-7-13(9-29-14)16-22-15(30-24-16)8-26-18(28)17-25(2)10-21-27(17)23-19(26)20/h3-6,10,13-14,17H,7-9H2,1-2H3,(H2,20,23)/t13-,14+,17?/m0/s1. The maximum Gasteiger partial charge on any atom is 0.277 e. The zero-order valence-corrected chi connectivity index (χ0v) is 16.7. The second kappa shape index (κ2) is 7.10. The molecule has 0 aliphatic carbocycles. The van der Waals surface area contributed by atoms with Crippen molar-refractivity contribution in [3.8, 4) is 0 Å². The van der Waals surface area contributed by atoms with Crippen LogP contribution in [0.1, 0.15) is 41.3 Å². The molecule has 1 fully saturated rings. The van der Waals surface area contributed by atoms with Gasteiger partial charge in [0.05, 0.1) is 12.7 Å². The maximum atomic E-state index is 12.8. The zero-order valence-electron chi connectivity index (χ0n) is 16.7. The molecular weight excluding hydrogens is 388 g/mol. The van der Waals surface area contributed by atoms with Crippen LogP contribution in [0, 0.1) is 6.92 Å². The van der Waals surface area contributed by atoms with Gasteiger partial charge in [-0.2, -0.15) is 4.98 Å². The monoisotopic (exact) mass is 410 g/mol. The molecule has 11 heteroatoms. The van der Waals surface area contributed by atoms with Crippen molar-refractivity contribution in [1.82, 2.24) is 25.1 Å². The Hall–Kier alpha value is -3.47. The van der Waals surface area contributed by atoms with E-state index in [0.717, 1.165) is 12.0 Å². The molecule has 3 aliphatic rings. The van der Waals surface area contributed by atoms with Gasteiger partial charge in [-0.15, -0.1) is 15.3 Å². The predicted octanol–water partition coefficient (Wildman–Crippen LogP) is 0.712. The van der Waals surface area contributed by atoms with Crippen LogP contribution in [0.15, 0.2) is 39.0 Å². The molecule has 0 saturated carbocycles. The lowest BCUT2D eigenvalue weighted by molar-refractivity contribution is -0.139. The molecule has 3 aliphatic heterocycles. The number of amides is 1. The predicted molar refractivity (Wildman–Crippen MR) is 106 cm³/mol. The Bertz CT molecular complexity index is 1020. The Morgan fingerprint density at radius 3 is 2.87 bits per heavy atom. The minimum Gasteiger partial charge on any atom is -0.373 e. The minimum atomic E-state index is -0.654. The maximum absolute atomic E-state index is 12.8. The third-order valence-electron chi connectivity index (χ3n) is 5.51. The summed E-state index contributed by atoms with van der Waals surface area (Å²) < 4.78 is 11.3. The molecule has 0 radical (unpaired) electrons. The molecule has 1 aromatic carbocycles. The third-order valence-corrected chi connectivity index (χ3v) is 5.51. The van der Waals surface area contributed by atoms with Crippen molar-refractivity contribution in [1.29, 1.82) is 0 Å². The summed E-state index contributed by atoms with van der Waals surface area (Å²) in [5, 5.41) is 13.6. The Balaban J connectivity index is 1.27. The molecule has 2 N–H and O–H groups in total. The Morgan fingerprint density at radius 2 is 2.07 bits per heavy atom. The highest BCUT2D eigenvalue weighted by atomic mass is 16.5. The molecule has 3 atom stereocenters. The van der Waals surface area contributed by atoms with Crippen molar-refractivity contribution >= 4 is 18.2 Å². The van der Waals surface area contributed by atoms with Crippen molar-refractivity contribution in [2.45, 2.75) is 38.1 Å². The van der Waals surface area contributed by atoms with Crippen LogP contribution in [0.3, 0.4) is 0 Å². The number of aromatic nitrogens is 2. The number of likely N-dealkylation sites (N-methyl/N-ethyl adjacent to an activating group) is 1. The Kier molecular flexibility index (Phi) is 4.39. The second-order valence-corrected chi connectivity index (χ2v) is 7.68. The molecule has 1 saturated heterocycles. The molecule has 4 heterocycles. The van der Waals surface area contributed by atoms with Crippen LogP contribution >= 0.6 is 0 Å². The first-order valence-electron chi connectivity index (χ1n) is 9.71. The normalized spacial score (nSPS) is 25.8. The fourth-order valence-electron chi connectivity index (χ4n) is 3.80. The van der Waals surface area contributed by atoms with Gasteiger partial charge in [0.15, 0.2) is 5.82 Å². The first-order valence-corrected chi connectivity index (χ1v) is 9.71. The van der Waals surface area contributed by atoms with E-state index in [4.69, 9.17) is 15.0 Å². The van der Waals surface area contributed by atoms with E-state index in [1.165, 1.54) is 21.9 Å². The number of ether oxygens (including phenoxy) is 1. The summed E-state index contributed by atoms with van der Waals surface area (Å²) in [6, 6.07) is 8.32. The fraction of sp³-hybridized carbons (Fsp3) is 0.421. The van der Waals surface area contributed by atoms with Gasteiger partial charge in [0, 0.05) is 13.0 Å². The van der Waals surface area contributed by atoms with Gasteiger partial charge in [-0.25, -0.2) is 0 Å². The Morgan fingerprint density at radius 1 is 1.27 bits per heavy atom. The quantitative estimate of drug-likeness (QED) is 0.781. The van der Waals surface area contributed by atoms with Crippen LogP contribution in [0.5, 0.6) is 0 Å². The number of guanidine groups is 1. The number of hydrogen-bond donors (Lipinski definition) is 1. The number of benzene rings is 1. The van der Waals surface area contributed by atoms with Crippen molar-refractivity contribution in [3.63, 3.8) is 0 Å². The van der Waals surface area contributed by atoms with Crippen LogP contribution in [0.2, 0.25) is 0 Å². The number of rotatable bonds is 4. The molecule has 156 valence electrons. The number of aryl methyl sites for hydroxylation is 1. The third kappa shape index (κ3) is 3.16. The van der Waals surface area contributed by atoms with Gasteiger partial charge in [0.2, 0.25) is 18.0 Å². The number of nitrogens with zero attached hydrogens (tertiary/aromatic N) is 7. The van der Waals surface area contributed by atoms with Crippen LogP contribution < -0.4 is 5.73 Å². The molecule has 1 aromatic heterocycles. The SMILES string of the molecule is Cc1ccc([C@H]2C[C@H](c3noc(CN4C(=O)C5N(C)C=NN5N=C4N)n3)CO2)cc1. The van der Waals surface area contributed by atoms with Gasteiger partial charge in [0.1, 0.15) is 12.9 Å². The molecule has 0 bridgehead atoms. The molecule has 2 aromatic rings. The molecule has 1 amide bonds. The number of nitrogens with two attached hydrogens (primary N) is 1. The first kappa shape index (κ1) is 18.6. The van der Waals surface area contributed by atoms with E-state index in [2.05, 4.69) is 51.5 Å². The van der Waals surface area contributed by atoms with Gasteiger partial charge in [-0.3, -0.25) is 9.69 Å². The number of hydrazone groups is 2. The average Bonchev–Trinajstić information content (AvgIpc) is 3.46. The molecular formula is C19H22N8O3. The van der Waals surface area contributed by atoms with E-state index >= 15 is 0 Å². The number of carbonyl (C=O) groups is 1. The summed E-state index contributed by atoms with van der Waals surface area (Å²) in [6.45, 7) is 2.63. The highest BCUT2D eigenvalue weighted by molar-refractivity contribution is 6.01. The fourth-order valence-corrected chi connectivity index (χ4v) is 3.80. The molecule has 0 spiro atoms. The van der Waals surface area contributed by atoms with E-state index in [1.54, 1.807) is 11.9 Å². The van der Waals surface area contributed by atoms with E-state index in [-0.39, 0.29) is 30.4 Å². The minimum absolute atomic E-state index is 0.00730. The van der Waals surface area contributed by atoms with E-state index < -0.39 is 6.17 Å². The lowest BCUT2D eigenvalue weighted by atomic mass is 9.99. The zero-order chi connectivity index (χ0) is 20.8. The van der Waals surface area contributed by atoms with Crippen molar-refractivity contribution < 1.29 is 14.1 Å².